The summed E-state index contributed by atoms with van der Waals surface area (Å²) in [5.74, 6) is 0.714. The highest BCUT2D eigenvalue weighted by atomic mass is 32.2. The smallest absolute Gasteiger partial charge is 0.262 e. The predicted molar refractivity (Wildman–Crippen MR) is 73.4 cm³/mol. The summed E-state index contributed by atoms with van der Waals surface area (Å²) in [6.45, 7) is 0.579. The standard InChI is InChI=1S/C10H10N6OS2/c1-15-10(12-13-14-15)19-5-3-16-6-11-8-7(9(16)17)2-4-18-8/h2,4,6H,3,5H2,1H3. The third-order valence-corrected chi connectivity index (χ3v) is 4.41. The molecular weight excluding hydrogens is 284 g/mol. The Bertz CT molecular complexity index is 761. The molecule has 0 unspecified atom stereocenters. The van der Waals surface area contributed by atoms with Gasteiger partial charge >= 0.3 is 0 Å². The van der Waals surface area contributed by atoms with E-state index in [0.717, 1.165) is 9.99 Å². The Morgan fingerprint density at radius 3 is 3.16 bits per heavy atom. The first kappa shape index (κ1) is 12.3. The molecule has 98 valence electrons. The molecule has 0 radical (unpaired) electrons. The third kappa shape index (κ3) is 2.38. The molecular formula is C10H10N6OS2. The van der Waals surface area contributed by atoms with Crippen LogP contribution in [0.25, 0.3) is 10.2 Å². The van der Waals surface area contributed by atoms with Gasteiger partial charge in [0.15, 0.2) is 0 Å². The zero-order chi connectivity index (χ0) is 13.2. The largest absolute Gasteiger partial charge is 0.298 e. The van der Waals surface area contributed by atoms with Crippen LogP contribution in [0.3, 0.4) is 0 Å². The van der Waals surface area contributed by atoms with Crippen LogP contribution in [0.5, 0.6) is 0 Å². The lowest BCUT2D eigenvalue weighted by Gasteiger charge is -2.04. The third-order valence-electron chi connectivity index (χ3n) is 2.60. The molecule has 3 aromatic heterocycles. The summed E-state index contributed by atoms with van der Waals surface area (Å²) >= 11 is 2.98. The lowest BCUT2D eigenvalue weighted by Crippen LogP contribution is -2.21. The molecule has 0 aliphatic carbocycles. The normalized spacial score (nSPS) is 11.2. The molecule has 0 fully saturated rings. The Hall–Kier alpha value is -1.74. The summed E-state index contributed by atoms with van der Waals surface area (Å²) in [5.41, 5.74) is 0.00272. The number of hydrogen-bond acceptors (Lipinski definition) is 7. The number of nitrogens with zero attached hydrogens (tertiary/aromatic N) is 6. The molecule has 0 aliphatic heterocycles. The van der Waals surface area contributed by atoms with E-state index in [4.69, 9.17) is 0 Å². The zero-order valence-electron chi connectivity index (χ0n) is 10.1. The van der Waals surface area contributed by atoms with Crippen molar-refractivity contribution in [1.29, 1.82) is 0 Å². The van der Waals surface area contributed by atoms with Gasteiger partial charge in [-0.1, -0.05) is 11.8 Å². The van der Waals surface area contributed by atoms with Gasteiger partial charge < -0.3 is 0 Å². The summed E-state index contributed by atoms with van der Waals surface area (Å²) < 4.78 is 3.22. The second-order valence-electron chi connectivity index (χ2n) is 3.82. The van der Waals surface area contributed by atoms with Crippen LogP contribution in [0.4, 0.5) is 0 Å². The highest BCUT2D eigenvalue weighted by molar-refractivity contribution is 7.99. The van der Waals surface area contributed by atoms with Gasteiger partial charge in [0, 0.05) is 19.3 Å². The van der Waals surface area contributed by atoms with Crippen LogP contribution in [0.2, 0.25) is 0 Å². The van der Waals surface area contributed by atoms with E-state index in [2.05, 4.69) is 20.5 Å². The molecule has 0 saturated carbocycles. The minimum atomic E-state index is 0.00272. The lowest BCUT2D eigenvalue weighted by molar-refractivity contribution is 0.662. The van der Waals surface area contributed by atoms with Crippen molar-refractivity contribution in [3.05, 3.63) is 28.1 Å². The van der Waals surface area contributed by atoms with Crippen molar-refractivity contribution in [3.8, 4) is 0 Å². The summed E-state index contributed by atoms with van der Waals surface area (Å²) in [7, 11) is 1.79. The van der Waals surface area contributed by atoms with Gasteiger partial charge in [-0.15, -0.1) is 16.4 Å². The van der Waals surface area contributed by atoms with Crippen LogP contribution in [0, 0.1) is 0 Å². The van der Waals surface area contributed by atoms with Crippen LogP contribution in [-0.2, 0) is 13.6 Å². The Kier molecular flexibility index (Phi) is 3.30. The van der Waals surface area contributed by atoms with Crippen LogP contribution in [-0.4, -0.2) is 35.5 Å². The van der Waals surface area contributed by atoms with Crippen molar-refractivity contribution in [2.45, 2.75) is 11.7 Å². The molecule has 0 saturated heterocycles. The summed E-state index contributed by atoms with van der Waals surface area (Å²) in [6, 6.07) is 1.81. The van der Waals surface area contributed by atoms with Crippen LogP contribution in [0.1, 0.15) is 0 Å². The van der Waals surface area contributed by atoms with Gasteiger partial charge in [-0.3, -0.25) is 9.36 Å². The number of hydrogen-bond donors (Lipinski definition) is 0. The topological polar surface area (TPSA) is 78.5 Å². The van der Waals surface area contributed by atoms with Gasteiger partial charge in [0.2, 0.25) is 5.16 Å². The molecule has 3 heterocycles. The number of aryl methyl sites for hydroxylation is 2. The molecule has 3 rings (SSSR count). The van der Waals surface area contributed by atoms with Crippen molar-refractivity contribution in [2.75, 3.05) is 5.75 Å². The van der Waals surface area contributed by atoms with Crippen LogP contribution >= 0.6 is 23.1 Å². The van der Waals surface area contributed by atoms with Gasteiger partial charge in [0.05, 0.1) is 11.7 Å². The van der Waals surface area contributed by atoms with E-state index in [1.807, 2.05) is 11.4 Å². The van der Waals surface area contributed by atoms with Gasteiger partial charge in [-0.25, -0.2) is 9.67 Å². The van der Waals surface area contributed by atoms with Gasteiger partial charge in [0.25, 0.3) is 5.56 Å². The maximum absolute atomic E-state index is 12.1. The van der Waals surface area contributed by atoms with E-state index >= 15 is 0 Å². The summed E-state index contributed by atoms with van der Waals surface area (Å²) in [4.78, 5) is 17.2. The number of thioether (sulfide) groups is 1. The van der Waals surface area contributed by atoms with Gasteiger partial charge in [-0.05, 0) is 21.9 Å². The van der Waals surface area contributed by atoms with Gasteiger partial charge in [-0.2, -0.15) is 0 Å². The van der Waals surface area contributed by atoms with E-state index in [1.54, 1.807) is 22.6 Å². The average Bonchev–Trinajstić information content (AvgIpc) is 3.02. The number of rotatable bonds is 4. The van der Waals surface area contributed by atoms with E-state index < -0.39 is 0 Å². The Labute approximate surface area is 116 Å². The van der Waals surface area contributed by atoms with Crippen molar-refractivity contribution in [1.82, 2.24) is 29.8 Å². The molecule has 7 nitrogen and oxygen atoms in total. The van der Waals surface area contributed by atoms with E-state index in [1.165, 1.54) is 23.1 Å². The predicted octanol–water partition coefficient (Wildman–Crippen LogP) is 0.774. The molecule has 19 heavy (non-hydrogen) atoms. The van der Waals surface area contributed by atoms with Crippen molar-refractivity contribution in [2.24, 2.45) is 7.05 Å². The van der Waals surface area contributed by atoms with Crippen molar-refractivity contribution >= 4 is 33.3 Å². The monoisotopic (exact) mass is 294 g/mol. The average molecular weight is 294 g/mol. The molecule has 0 bridgehead atoms. The fraction of sp³-hybridized carbons (Fsp3) is 0.300. The molecule has 0 aliphatic rings. The fourth-order valence-electron chi connectivity index (χ4n) is 1.63. The number of aromatic nitrogens is 6. The molecule has 3 aromatic rings. The Balaban J connectivity index is 1.73. The summed E-state index contributed by atoms with van der Waals surface area (Å²) in [5, 5.41) is 14.5. The molecule has 0 N–H and O–H groups in total. The van der Waals surface area contributed by atoms with E-state index in [-0.39, 0.29) is 5.56 Å². The first-order valence-electron chi connectivity index (χ1n) is 5.53. The summed E-state index contributed by atoms with van der Waals surface area (Å²) in [6.07, 6.45) is 1.59. The molecule has 0 aromatic carbocycles. The van der Waals surface area contributed by atoms with Crippen LogP contribution < -0.4 is 5.56 Å². The second-order valence-corrected chi connectivity index (χ2v) is 5.77. The zero-order valence-corrected chi connectivity index (χ0v) is 11.7. The quantitative estimate of drug-likeness (QED) is 0.661. The maximum atomic E-state index is 12.1. The highest BCUT2D eigenvalue weighted by Crippen LogP contribution is 2.15. The molecule has 0 atom stereocenters. The Morgan fingerprint density at radius 2 is 2.37 bits per heavy atom. The van der Waals surface area contributed by atoms with Crippen LogP contribution in [0.15, 0.2) is 27.7 Å². The molecule has 0 spiro atoms. The second kappa shape index (κ2) is 5.10. The molecule has 9 heteroatoms. The minimum Gasteiger partial charge on any atom is -0.298 e. The highest BCUT2D eigenvalue weighted by Gasteiger charge is 2.06. The first-order chi connectivity index (χ1) is 9.25. The van der Waals surface area contributed by atoms with E-state index in [0.29, 0.717) is 17.7 Å². The van der Waals surface area contributed by atoms with Crippen molar-refractivity contribution in [3.63, 3.8) is 0 Å². The van der Waals surface area contributed by atoms with Crippen molar-refractivity contribution < 1.29 is 0 Å². The number of fused-ring (bicyclic) bond motifs is 1. The van der Waals surface area contributed by atoms with Gasteiger partial charge in [0.1, 0.15) is 4.83 Å². The molecule has 0 amide bonds. The maximum Gasteiger partial charge on any atom is 0.262 e. The first-order valence-corrected chi connectivity index (χ1v) is 7.40. The SMILES string of the molecule is Cn1nnnc1SCCn1cnc2sccc2c1=O. The Morgan fingerprint density at radius 1 is 1.47 bits per heavy atom. The lowest BCUT2D eigenvalue weighted by atomic mass is 10.4. The number of tetrazole rings is 1. The fourth-order valence-corrected chi connectivity index (χ4v) is 3.14. The minimum absolute atomic E-state index is 0.00272. The number of thiophene rings is 1. The van der Waals surface area contributed by atoms with E-state index in [9.17, 15) is 4.79 Å².